The van der Waals surface area contributed by atoms with Gasteiger partial charge in [0.05, 0.1) is 11.4 Å². The second kappa shape index (κ2) is 5.08. The first kappa shape index (κ1) is 12.3. The van der Waals surface area contributed by atoms with E-state index in [4.69, 9.17) is 10.8 Å². The molecule has 0 atom stereocenters. The maximum atomic E-state index is 6.17. The largest absolute Gasteiger partial charge is 0.384 e. The van der Waals surface area contributed by atoms with Gasteiger partial charge in [-0.25, -0.2) is 4.68 Å². The molecule has 0 aliphatic heterocycles. The summed E-state index contributed by atoms with van der Waals surface area (Å²) < 4.78 is 1.91. The summed E-state index contributed by atoms with van der Waals surface area (Å²) in [5.41, 5.74) is 9.74. The lowest BCUT2D eigenvalue weighted by Crippen LogP contribution is -2.05. The van der Waals surface area contributed by atoms with Crippen LogP contribution in [-0.4, -0.2) is 9.78 Å². The number of anilines is 1. The van der Waals surface area contributed by atoms with Crippen LogP contribution in [0.2, 0.25) is 0 Å². The number of nitrogens with two attached hydrogens (primary N) is 1. The summed E-state index contributed by atoms with van der Waals surface area (Å²) in [6.07, 6.45) is 6.15. The van der Waals surface area contributed by atoms with Crippen LogP contribution in [-0.2, 0) is 6.42 Å². The number of para-hydroxylation sites is 1. The van der Waals surface area contributed by atoms with Crippen molar-refractivity contribution in [2.45, 2.75) is 44.9 Å². The van der Waals surface area contributed by atoms with E-state index in [0.29, 0.717) is 5.92 Å². The molecule has 1 fully saturated rings. The molecule has 3 heteroatoms. The van der Waals surface area contributed by atoms with Gasteiger partial charge in [-0.1, -0.05) is 38.0 Å². The topological polar surface area (TPSA) is 43.8 Å². The van der Waals surface area contributed by atoms with Crippen molar-refractivity contribution in [3.05, 3.63) is 41.6 Å². The molecule has 0 amide bonds. The Morgan fingerprint density at radius 2 is 2.00 bits per heavy atom. The molecule has 1 saturated carbocycles. The molecule has 100 valence electrons. The standard InChI is InChI=1S/C16H21N3/c1-2-12-7-5-6-10-15(12)19-16(17)11-14(18-19)13-8-3-4-9-13/h5-7,10-11,13H,2-4,8-9,17H2,1H3. The highest BCUT2D eigenvalue weighted by Crippen LogP contribution is 2.34. The summed E-state index contributed by atoms with van der Waals surface area (Å²) in [6, 6.07) is 10.4. The fraction of sp³-hybridized carbons (Fsp3) is 0.438. The highest BCUT2D eigenvalue weighted by atomic mass is 15.3. The highest BCUT2D eigenvalue weighted by molar-refractivity contribution is 5.48. The molecule has 0 spiro atoms. The molecular weight excluding hydrogens is 234 g/mol. The van der Waals surface area contributed by atoms with Crippen molar-refractivity contribution in [3.8, 4) is 5.69 Å². The Morgan fingerprint density at radius 3 is 2.74 bits per heavy atom. The van der Waals surface area contributed by atoms with Gasteiger partial charge in [-0.2, -0.15) is 5.10 Å². The summed E-state index contributed by atoms with van der Waals surface area (Å²) in [6.45, 7) is 2.16. The smallest absolute Gasteiger partial charge is 0.127 e. The van der Waals surface area contributed by atoms with Crippen LogP contribution in [0.25, 0.3) is 5.69 Å². The van der Waals surface area contributed by atoms with Gasteiger partial charge in [0, 0.05) is 12.0 Å². The number of hydrogen-bond acceptors (Lipinski definition) is 2. The van der Waals surface area contributed by atoms with Gasteiger partial charge < -0.3 is 5.73 Å². The molecule has 0 bridgehead atoms. The van der Waals surface area contributed by atoms with Gasteiger partial charge in [0.2, 0.25) is 0 Å². The van der Waals surface area contributed by atoms with E-state index < -0.39 is 0 Å². The fourth-order valence-corrected chi connectivity index (χ4v) is 3.05. The van der Waals surface area contributed by atoms with Gasteiger partial charge >= 0.3 is 0 Å². The van der Waals surface area contributed by atoms with Crippen molar-refractivity contribution < 1.29 is 0 Å². The summed E-state index contributed by atoms with van der Waals surface area (Å²) in [5, 5.41) is 4.76. The Kier molecular flexibility index (Phi) is 3.28. The minimum Gasteiger partial charge on any atom is -0.384 e. The van der Waals surface area contributed by atoms with Crippen LogP contribution < -0.4 is 5.73 Å². The molecule has 3 nitrogen and oxygen atoms in total. The Balaban J connectivity index is 2.00. The molecule has 0 unspecified atom stereocenters. The lowest BCUT2D eigenvalue weighted by Gasteiger charge is -2.09. The Bertz CT molecular complexity index is 565. The van der Waals surface area contributed by atoms with Crippen LogP contribution in [0.5, 0.6) is 0 Å². The first-order valence-corrected chi connectivity index (χ1v) is 7.23. The maximum Gasteiger partial charge on any atom is 0.127 e. The number of benzene rings is 1. The SMILES string of the molecule is CCc1ccccc1-n1nc(C2CCCC2)cc1N. The molecule has 1 heterocycles. The molecule has 1 aliphatic carbocycles. The van der Waals surface area contributed by atoms with Gasteiger partial charge in [-0.15, -0.1) is 0 Å². The van der Waals surface area contributed by atoms with Gasteiger partial charge in [0.25, 0.3) is 0 Å². The van der Waals surface area contributed by atoms with Crippen molar-refractivity contribution in [3.63, 3.8) is 0 Å². The lowest BCUT2D eigenvalue weighted by atomic mass is 10.1. The van der Waals surface area contributed by atoms with Crippen LogP contribution in [0.15, 0.2) is 30.3 Å². The fourth-order valence-electron chi connectivity index (χ4n) is 3.05. The van der Waals surface area contributed by atoms with E-state index in [9.17, 15) is 0 Å². The number of hydrogen-bond donors (Lipinski definition) is 1. The molecule has 1 aliphatic rings. The third kappa shape index (κ3) is 2.25. The highest BCUT2D eigenvalue weighted by Gasteiger charge is 2.21. The first-order chi connectivity index (χ1) is 9.29. The zero-order chi connectivity index (χ0) is 13.2. The zero-order valence-corrected chi connectivity index (χ0v) is 11.5. The quantitative estimate of drug-likeness (QED) is 0.909. The normalized spacial score (nSPS) is 16.1. The zero-order valence-electron chi connectivity index (χ0n) is 11.5. The lowest BCUT2D eigenvalue weighted by molar-refractivity contribution is 0.678. The summed E-state index contributed by atoms with van der Waals surface area (Å²) in [5.74, 6) is 1.36. The Labute approximate surface area is 114 Å². The van der Waals surface area contributed by atoms with Gasteiger partial charge in [0.15, 0.2) is 0 Å². The number of aryl methyl sites for hydroxylation is 1. The van der Waals surface area contributed by atoms with E-state index in [0.717, 1.165) is 17.9 Å². The average molecular weight is 255 g/mol. The van der Waals surface area contributed by atoms with Crippen molar-refractivity contribution in [2.24, 2.45) is 0 Å². The van der Waals surface area contributed by atoms with E-state index in [-0.39, 0.29) is 0 Å². The third-order valence-corrected chi connectivity index (χ3v) is 4.13. The maximum absolute atomic E-state index is 6.17. The van der Waals surface area contributed by atoms with Crippen molar-refractivity contribution >= 4 is 5.82 Å². The number of aromatic nitrogens is 2. The van der Waals surface area contributed by atoms with Crippen LogP contribution >= 0.6 is 0 Å². The molecule has 0 radical (unpaired) electrons. The monoisotopic (exact) mass is 255 g/mol. The summed E-state index contributed by atoms with van der Waals surface area (Å²) in [7, 11) is 0. The van der Waals surface area contributed by atoms with E-state index in [2.05, 4.69) is 31.2 Å². The average Bonchev–Trinajstić information content (AvgIpc) is 3.07. The van der Waals surface area contributed by atoms with E-state index in [1.54, 1.807) is 0 Å². The molecule has 2 N–H and O–H groups in total. The number of nitrogen functional groups attached to an aromatic ring is 1. The number of rotatable bonds is 3. The van der Waals surface area contributed by atoms with Crippen LogP contribution in [0.3, 0.4) is 0 Å². The first-order valence-electron chi connectivity index (χ1n) is 7.23. The predicted octanol–water partition coefficient (Wildman–Crippen LogP) is 3.67. The molecule has 2 aromatic rings. The van der Waals surface area contributed by atoms with E-state index in [1.807, 2.05) is 10.7 Å². The third-order valence-electron chi connectivity index (χ3n) is 4.13. The molecule has 1 aromatic carbocycles. The van der Waals surface area contributed by atoms with Crippen molar-refractivity contribution in [1.29, 1.82) is 0 Å². The summed E-state index contributed by atoms with van der Waals surface area (Å²) >= 11 is 0. The molecule has 1 aromatic heterocycles. The predicted molar refractivity (Wildman–Crippen MR) is 78.6 cm³/mol. The van der Waals surface area contributed by atoms with Crippen molar-refractivity contribution in [2.75, 3.05) is 5.73 Å². The van der Waals surface area contributed by atoms with Gasteiger partial charge in [-0.3, -0.25) is 0 Å². The van der Waals surface area contributed by atoms with E-state index >= 15 is 0 Å². The van der Waals surface area contributed by atoms with Gasteiger partial charge in [0.1, 0.15) is 5.82 Å². The Morgan fingerprint density at radius 1 is 1.26 bits per heavy atom. The Hall–Kier alpha value is -1.77. The minimum atomic E-state index is 0.609. The van der Waals surface area contributed by atoms with E-state index in [1.165, 1.54) is 36.9 Å². The molecule has 0 saturated heterocycles. The minimum absolute atomic E-state index is 0.609. The van der Waals surface area contributed by atoms with Crippen LogP contribution in [0, 0.1) is 0 Å². The van der Waals surface area contributed by atoms with Gasteiger partial charge in [-0.05, 0) is 30.9 Å². The molecule has 3 rings (SSSR count). The van der Waals surface area contributed by atoms with Crippen LogP contribution in [0.1, 0.15) is 49.8 Å². The molecular formula is C16H21N3. The summed E-state index contributed by atoms with van der Waals surface area (Å²) in [4.78, 5) is 0. The van der Waals surface area contributed by atoms with Crippen LogP contribution in [0.4, 0.5) is 5.82 Å². The molecule has 19 heavy (non-hydrogen) atoms. The second-order valence-corrected chi connectivity index (χ2v) is 5.37. The second-order valence-electron chi connectivity index (χ2n) is 5.37. The van der Waals surface area contributed by atoms with Crippen molar-refractivity contribution in [1.82, 2.24) is 9.78 Å². The number of nitrogens with zero attached hydrogens (tertiary/aromatic N) is 2.